The summed E-state index contributed by atoms with van der Waals surface area (Å²) in [5.74, 6) is -0.0143. The highest BCUT2D eigenvalue weighted by molar-refractivity contribution is 7.09. The smallest absolute Gasteiger partial charge is 0.273 e. The number of nitrogens with zero attached hydrogens (tertiary/aromatic N) is 2. The third-order valence-corrected chi connectivity index (χ3v) is 3.89. The molecule has 2 atom stereocenters. The molecule has 6 heteroatoms. The van der Waals surface area contributed by atoms with E-state index >= 15 is 0 Å². The van der Waals surface area contributed by atoms with E-state index in [-0.39, 0.29) is 18.1 Å². The minimum Gasteiger partial charge on any atom is -0.372 e. The SMILES string of the molecule is CC[C@@H]1CN(C(=O)c2csc(CN)n2)C[C@H](C)O1. The van der Waals surface area contributed by atoms with Crippen molar-refractivity contribution in [1.29, 1.82) is 0 Å². The summed E-state index contributed by atoms with van der Waals surface area (Å²) in [7, 11) is 0. The molecule has 1 saturated heterocycles. The van der Waals surface area contributed by atoms with E-state index in [2.05, 4.69) is 11.9 Å². The van der Waals surface area contributed by atoms with E-state index in [4.69, 9.17) is 10.5 Å². The molecular weight excluding hydrogens is 250 g/mol. The van der Waals surface area contributed by atoms with Crippen LogP contribution in [0.4, 0.5) is 0 Å². The summed E-state index contributed by atoms with van der Waals surface area (Å²) < 4.78 is 5.75. The predicted octanol–water partition coefficient (Wildman–Crippen LogP) is 1.24. The van der Waals surface area contributed by atoms with E-state index in [9.17, 15) is 4.79 Å². The molecule has 18 heavy (non-hydrogen) atoms. The van der Waals surface area contributed by atoms with Crippen molar-refractivity contribution in [2.45, 2.75) is 39.0 Å². The first-order valence-corrected chi connectivity index (χ1v) is 7.11. The highest BCUT2D eigenvalue weighted by Gasteiger charge is 2.28. The molecule has 1 aromatic rings. The van der Waals surface area contributed by atoms with Gasteiger partial charge in [-0.1, -0.05) is 6.92 Å². The van der Waals surface area contributed by atoms with Crippen molar-refractivity contribution in [2.75, 3.05) is 13.1 Å². The molecule has 1 aliphatic rings. The van der Waals surface area contributed by atoms with E-state index in [1.165, 1.54) is 11.3 Å². The molecular formula is C12H19N3O2S. The van der Waals surface area contributed by atoms with Crippen LogP contribution in [-0.4, -0.2) is 41.1 Å². The number of aromatic nitrogens is 1. The fourth-order valence-electron chi connectivity index (χ4n) is 2.10. The minimum absolute atomic E-state index is 0.0143. The highest BCUT2D eigenvalue weighted by Crippen LogP contribution is 2.17. The second kappa shape index (κ2) is 5.77. The molecule has 1 amide bonds. The molecule has 1 fully saturated rings. The number of hydrogen-bond donors (Lipinski definition) is 1. The summed E-state index contributed by atoms with van der Waals surface area (Å²) in [6.45, 7) is 5.73. The maximum atomic E-state index is 12.3. The number of carbonyl (C=O) groups is 1. The topological polar surface area (TPSA) is 68.5 Å². The Morgan fingerprint density at radius 2 is 2.44 bits per heavy atom. The second-order valence-corrected chi connectivity index (χ2v) is 5.46. The first kappa shape index (κ1) is 13.5. The highest BCUT2D eigenvalue weighted by atomic mass is 32.1. The van der Waals surface area contributed by atoms with Gasteiger partial charge < -0.3 is 15.4 Å². The van der Waals surface area contributed by atoms with Gasteiger partial charge in [-0.15, -0.1) is 11.3 Å². The van der Waals surface area contributed by atoms with Crippen LogP contribution < -0.4 is 5.73 Å². The van der Waals surface area contributed by atoms with Gasteiger partial charge in [0.2, 0.25) is 0 Å². The Bertz CT molecular complexity index is 421. The molecule has 0 radical (unpaired) electrons. The zero-order chi connectivity index (χ0) is 13.1. The quantitative estimate of drug-likeness (QED) is 0.896. The Hall–Kier alpha value is -0.980. The van der Waals surface area contributed by atoms with Crippen molar-refractivity contribution in [3.05, 3.63) is 16.1 Å². The number of ether oxygens (including phenoxy) is 1. The Morgan fingerprint density at radius 3 is 3.06 bits per heavy atom. The van der Waals surface area contributed by atoms with Gasteiger partial charge in [-0.25, -0.2) is 4.98 Å². The van der Waals surface area contributed by atoms with Gasteiger partial charge in [-0.2, -0.15) is 0 Å². The number of hydrogen-bond acceptors (Lipinski definition) is 5. The van der Waals surface area contributed by atoms with Crippen LogP contribution in [0.15, 0.2) is 5.38 Å². The van der Waals surface area contributed by atoms with Gasteiger partial charge in [0, 0.05) is 25.0 Å². The number of rotatable bonds is 3. The first-order chi connectivity index (χ1) is 8.63. The van der Waals surface area contributed by atoms with Crippen molar-refractivity contribution in [2.24, 2.45) is 5.73 Å². The molecule has 100 valence electrons. The summed E-state index contributed by atoms with van der Waals surface area (Å²) in [6.07, 6.45) is 1.13. The molecule has 0 aliphatic carbocycles. The van der Waals surface area contributed by atoms with Crippen LogP contribution in [0.5, 0.6) is 0 Å². The van der Waals surface area contributed by atoms with E-state index in [1.54, 1.807) is 5.38 Å². The Kier molecular flexibility index (Phi) is 4.31. The average molecular weight is 269 g/mol. The lowest BCUT2D eigenvalue weighted by atomic mass is 10.1. The molecule has 5 nitrogen and oxygen atoms in total. The molecule has 2 N–H and O–H groups in total. The zero-order valence-electron chi connectivity index (χ0n) is 10.8. The summed E-state index contributed by atoms with van der Waals surface area (Å²) >= 11 is 1.43. The molecule has 2 rings (SSSR count). The molecule has 0 bridgehead atoms. The largest absolute Gasteiger partial charge is 0.372 e. The Morgan fingerprint density at radius 1 is 1.67 bits per heavy atom. The maximum Gasteiger partial charge on any atom is 0.273 e. The van der Waals surface area contributed by atoms with Crippen LogP contribution >= 0.6 is 11.3 Å². The molecule has 0 unspecified atom stereocenters. The van der Waals surface area contributed by atoms with E-state index in [0.717, 1.165) is 11.4 Å². The number of morpholine rings is 1. The van der Waals surface area contributed by atoms with E-state index < -0.39 is 0 Å². The summed E-state index contributed by atoms with van der Waals surface area (Å²) in [5, 5.41) is 2.58. The summed E-state index contributed by atoms with van der Waals surface area (Å²) in [6, 6.07) is 0. The lowest BCUT2D eigenvalue weighted by Crippen LogP contribution is -2.49. The van der Waals surface area contributed by atoms with Crippen LogP contribution in [0.1, 0.15) is 35.8 Å². The molecule has 1 aliphatic heterocycles. The third-order valence-electron chi connectivity index (χ3n) is 3.01. The van der Waals surface area contributed by atoms with Crippen LogP contribution in [0.25, 0.3) is 0 Å². The normalized spacial score (nSPS) is 24.3. The standard InChI is InChI=1S/C12H19N3O2S/c1-3-9-6-15(5-8(2)17-9)12(16)10-7-18-11(4-13)14-10/h7-9H,3-6,13H2,1-2H3/t8-,9+/m0/s1. The van der Waals surface area contributed by atoms with Crippen molar-refractivity contribution >= 4 is 17.2 Å². The lowest BCUT2D eigenvalue weighted by Gasteiger charge is -2.36. The molecule has 0 aromatic carbocycles. The van der Waals surface area contributed by atoms with Crippen molar-refractivity contribution in [1.82, 2.24) is 9.88 Å². The number of thiazole rings is 1. The van der Waals surface area contributed by atoms with Crippen LogP contribution in [0.3, 0.4) is 0 Å². The predicted molar refractivity (Wildman–Crippen MR) is 70.5 cm³/mol. The molecule has 0 spiro atoms. The van der Waals surface area contributed by atoms with Gasteiger partial charge in [-0.3, -0.25) is 4.79 Å². The van der Waals surface area contributed by atoms with Crippen molar-refractivity contribution in [3.8, 4) is 0 Å². The van der Waals surface area contributed by atoms with E-state index in [1.807, 2.05) is 11.8 Å². The fraction of sp³-hybridized carbons (Fsp3) is 0.667. The van der Waals surface area contributed by atoms with Crippen molar-refractivity contribution < 1.29 is 9.53 Å². The molecule has 1 aromatic heterocycles. The number of nitrogens with two attached hydrogens (primary N) is 1. The van der Waals surface area contributed by atoms with Crippen molar-refractivity contribution in [3.63, 3.8) is 0 Å². The van der Waals surface area contributed by atoms with Crippen LogP contribution in [-0.2, 0) is 11.3 Å². The van der Waals surface area contributed by atoms with Gasteiger partial charge in [0.1, 0.15) is 10.7 Å². The first-order valence-electron chi connectivity index (χ1n) is 6.23. The van der Waals surface area contributed by atoms with Crippen LogP contribution in [0, 0.1) is 0 Å². The van der Waals surface area contributed by atoms with Gasteiger partial charge in [-0.05, 0) is 13.3 Å². The second-order valence-electron chi connectivity index (χ2n) is 4.52. The average Bonchev–Trinajstić information content (AvgIpc) is 2.85. The van der Waals surface area contributed by atoms with E-state index in [0.29, 0.717) is 25.3 Å². The zero-order valence-corrected chi connectivity index (χ0v) is 11.6. The fourth-order valence-corrected chi connectivity index (χ4v) is 2.75. The maximum absolute atomic E-state index is 12.3. The van der Waals surface area contributed by atoms with Crippen LogP contribution in [0.2, 0.25) is 0 Å². The minimum atomic E-state index is -0.0143. The van der Waals surface area contributed by atoms with Gasteiger partial charge in [0.15, 0.2) is 0 Å². The number of amides is 1. The Balaban J connectivity index is 2.07. The molecule has 2 heterocycles. The third kappa shape index (κ3) is 2.88. The van der Waals surface area contributed by atoms with Gasteiger partial charge in [0.25, 0.3) is 5.91 Å². The summed E-state index contributed by atoms with van der Waals surface area (Å²) in [4.78, 5) is 18.4. The number of carbonyl (C=O) groups excluding carboxylic acids is 1. The van der Waals surface area contributed by atoms with Gasteiger partial charge in [0.05, 0.1) is 12.2 Å². The van der Waals surface area contributed by atoms with Gasteiger partial charge >= 0.3 is 0 Å². The lowest BCUT2D eigenvalue weighted by molar-refractivity contribution is -0.0682. The molecule has 0 saturated carbocycles. The monoisotopic (exact) mass is 269 g/mol. The summed E-state index contributed by atoms with van der Waals surface area (Å²) in [5.41, 5.74) is 6.01. The Labute approximate surface area is 111 Å².